The van der Waals surface area contributed by atoms with E-state index in [1.807, 2.05) is 18.2 Å². The molecule has 2 aromatic heterocycles. The normalized spacial score (nSPS) is 10.3. The highest BCUT2D eigenvalue weighted by Gasteiger charge is 2.14. The fraction of sp³-hybridized carbons (Fsp3) is 0. The summed E-state index contributed by atoms with van der Waals surface area (Å²) in [5, 5.41) is 5.02. The molecule has 0 saturated carbocycles. The maximum atomic E-state index is 12.1. The molecule has 2 heterocycles. The van der Waals surface area contributed by atoms with Crippen LogP contribution in [0.5, 0.6) is 0 Å². The van der Waals surface area contributed by atoms with Gasteiger partial charge in [0.1, 0.15) is 5.58 Å². The minimum atomic E-state index is -0.496. The van der Waals surface area contributed by atoms with Crippen LogP contribution in [0.15, 0.2) is 52.3 Å². The molecule has 8 heteroatoms. The first kappa shape index (κ1) is 15.2. The Bertz CT molecular complexity index is 838. The van der Waals surface area contributed by atoms with Crippen LogP contribution in [0.3, 0.4) is 0 Å². The molecule has 0 saturated heterocycles. The van der Waals surface area contributed by atoms with Gasteiger partial charge >= 0.3 is 0 Å². The SMILES string of the molecule is O=C(NC(=S)NNC(=O)c1cccs1)c1cc2ccccc2o1. The molecule has 3 rings (SSSR count). The Hall–Kier alpha value is -2.71. The summed E-state index contributed by atoms with van der Waals surface area (Å²) in [5.41, 5.74) is 5.49. The third-order valence-electron chi connectivity index (χ3n) is 2.91. The molecule has 0 unspecified atom stereocenters. The summed E-state index contributed by atoms with van der Waals surface area (Å²) in [5.74, 6) is -0.690. The molecule has 0 spiro atoms. The van der Waals surface area contributed by atoms with Gasteiger partial charge in [-0.25, -0.2) is 0 Å². The summed E-state index contributed by atoms with van der Waals surface area (Å²) in [6.07, 6.45) is 0. The Morgan fingerprint density at radius 1 is 1.04 bits per heavy atom. The number of carbonyl (C=O) groups excluding carboxylic acids is 2. The lowest BCUT2D eigenvalue weighted by Gasteiger charge is -2.08. The van der Waals surface area contributed by atoms with Crippen LogP contribution in [0.25, 0.3) is 11.0 Å². The number of para-hydroxylation sites is 1. The van der Waals surface area contributed by atoms with Crippen molar-refractivity contribution in [2.45, 2.75) is 0 Å². The van der Waals surface area contributed by atoms with Gasteiger partial charge < -0.3 is 4.42 Å². The van der Waals surface area contributed by atoms with Gasteiger partial charge in [-0.3, -0.25) is 25.8 Å². The highest BCUT2D eigenvalue weighted by molar-refractivity contribution is 7.80. The van der Waals surface area contributed by atoms with E-state index in [0.717, 1.165) is 5.39 Å². The number of thiophene rings is 1. The third-order valence-corrected chi connectivity index (χ3v) is 3.98. The second kappa shape index (κ2) is 6.59. The van der Waals surface area contributed by atoms with E-state index in [2.05, 4.69) is 16.2 Å². The van der Waals surface area contributed by atoms with E-state index in [9.17, 15) is 9.59 Å². The van der Waals surface area contributed by atoms with E-state index in [-0.39, 0.29) is 16.8 Å². The molecule has 3 N–H and O–H groups in total. The van der Waals surface area contributed by atoms with E-state index < -0.39 is 5.91 Å². The minimum absolute atomic E-state index is 0.0274. The molecule has 6 nitrogen and oxygen atoms in total. The highest BCUT2D eigenvalue weighted by atomic mass is 32.1. The first-order valence-corrected chi connectivity index (χ1v) is 7.86. The average molecular weight is 345 g/mol. The number of thiocarbonyl (C=S) groups is 1. The molecule has 0 fully saturated rings. The zero-order valence-corrected chi connectivity index (χ0v) is 13.3. The smallest absolute Gasteiger partial charge is 0.293 e. The van der Waals surface area contributed by atoms with Crippen LogP contribution in [0.2, 0.25) is 0 Å². The van der Waals surface area contributed by atoms with Crippen molar-refractivity contribution in [1.29, 1.82) is 0 Å². The van der Waals surface area contributed by atoms with Gasteiger partial charge in [0.2, 0.25) is 0 Å². The van der Waals surface area contributed by atoms with Crippen LogP contribution in [0, 0.1) is 0 Å². The highest BCUT2D eigenvalue weighted by Crippen LogP contribution is 2.18. The maximum Gasteiger partial charge on any atom is 0.293 e. The Morgan fingerprint density at radius 3 is 2.61 bits per heavy atom. The number of hydrogen-bond acceptors (Lipinski definition) is 5. The van der Waals surface area contributed by atoms with Gasteiger partial charge in [-0.15, -0.1) is 11.3 Å². The van der Waals surface area contributed by atoms with Crippen molar-refractivity contribution < 1.29 is 14.0 Å². The van der Waals surface area contributed by atoms with Gasteiger partial charge in [0, 0.05) is 5.39 Å². The van der Waals surface area contributed by atoms with Gasteiger partial charge in [0.25, 0.3) is 11.8 Å². The van der Waals surface area contributed by atoms with Crippen LogP contribution >= 0.6 is 23.6 Å². The monoisotopic (exact) mass is 345 g/mol. The second-order valence-corrected chi connectivity index (χ2v) is 5.84. The Morgan fingerprint density at radius 2 is 1.87 bits per heavy atom. The van der Waals surface area contributed by atoms with Crippen molar-refractivity contribution in [3.63, 3.8) is 0 Å². The van der Waals surface area contributed by atoms with Crippen LogP contribution in [0.4, 0.5) is 0 Å². The van der Waals surface area contributed by atoms with Crippen LogP contribution in [-0.4, -0.2) is 16.9 Å². The summed E-state index contributed by atoms with van der Waals surface area (Å²) < 4.78 is 5.43. The molecule has 0 bridgehead atoms. The zero-order chi connectivity index (χ0) is 16.2. The van der Waals surface area contributed by atoms with Gasteiger partial charge in [-0.1, -0.05) is 24.3 Å². The van der Waals surface area contributed by atoms with Gasteiger partial charge in [0.05, 0.1) is 4.88 Å². The van der Waals surface area contributed by atoms with Gasteiger partial charge in [-0.2, -0.15) is 0 Å². The third kappa shape index (κ3) is 3.55. The van der Waals surface area contributed by atoms with Crippen molar-refractivity contribution in [3.8, 4) is 0 Å². The van der Waals surface area contributed by atoms with Gasteiger partial charge in [0.15, 0.2) is 10.9 Å². The number of benzene rings is 1. The molecule has 2 amide bonds. The van der Waals surface area contributed by atoms with E-state index in [1.165, 1.54) is 11.3 Å². The number of hydrazine groups is 1. The molecule has 0 atom stereocenters. The maximum absolute atomic E-state index is 12.1. The van der Waals surface area contributed by atoms with Crippen LogP contribution in [-0.2, 0) is 0 Å². The number of carbonyl (C=O) groups is 2. The van der Waals surface area contributed by atoms with Crippen molar-refractivity contribution in [2.75, 3.05) is 0 Å². The van der Waals surface area contributed by atoms with E-state index >= 15 is 0 Å². The Balaban J connectivity index is 1.57. The first-order chi connectivity index (χ1) is 11.1. The predicted octanol–water partition coefficient (Wildman–Crippen LogP) is 2.44. The molecule has 0 aliphatic heterocycles. The number of rotatable bonds is 2. The van der Waals surface area contributed by atoms with Gasteiger partial charge in [-0.05, 0) is 35.8 Å². The summed E-state index contributed by atoms with van der Waals surface area (Å²) in [7, 11) is 0. The molecular formula is C15H11N3O3S2. The summed E-state index contributed by atoms with van der Waals surface area (Å²) in [6, 6.07) is 12.3. The molecule has 0 radical (unpaired) electrons. The van der Waals surface area contributed by atoms with Crippen molar-refractivity contribution in [1.82, 2.24) is 16.2 Å². The lowest BCUT2D eigenvalue weighted by atomic mass is 10.2. The molecule has 0 aliphatic carbocycles. The number of amides is 2. The van der Waals surface area contributed by atoms with Crippen molar-refractivity contribution in [3.05, 3.63) is 58.5 Å². The molecule has 23 heavy (non-hydrogen) atoms. The molecular weight excluding hydrogens is 334 g/mol. The first-order valence-electron chi connectivity index (χ1n) is 6.57. The van der Waals surface area contributed by atoms with Crippen molar-refractivity contribution in [2.24, 2.45) is 0 Å². The fourth-order valence-electron chi connectivity index (χ4n) is 1.87. The summed E-state index contributed by atoms with van der Waals surface area (Å²) in [6.45, 7) is 0. The van der Waals surface area contributed by atoms with E-state index in [1.54, 1.807) is 29.6 Å². The molecule has 116 valence electrons. The molecule has 3 aromatic rings. The largest absolute Gasteiger partial charge is 0.451 e. The lowest BCUT2D eigenvalue weighted by molar-refractivity contribution is 0.0930. The number of furan rings is 1. The lowest BCUT2D eigenvalue weighted by Crippen LogP contribution is -2.48. The van der Waals surface area contributed by atoms with E-state index in [0.29, 0.717) is 10.5 Å². The Labute approximate surface area is 140 Å². The predicted molar refractivity (Wildman–Crippen MR) is 91.2 cm³/mol. The number of hydrogen-bond donors (Lipinski definition) is 3. The fourth-order valence-corrected chi connectivity index (χ4v) is 2.64. The van der Waals surface area contributed by atoms with Crippen molar-refractivity contribution >= 4 is 51.5 Å². The summed E-state index contributed by atoms with van der Waals surface area (Å²) in [4.78, 5) is 24.3. The average Bonchev–Trinajstić information content (AvgIpc) is 3.21. The van der Waals surface area contributed by atoms with Crippen LogP contribution in [0.1, 0.15) is 20.2 Å². The minimum Gasteiger partial charge on any atom is -0.451 e. The molecule has 1 aromatic carbocycles. The van der Waals surface area contributed by atoms with Crippen LogP contribution < -0.4 is 16.2 Å². The topological polar surface area (TPSA) is 83.4 Å². The summed E-state index contributed by atoms with van der Waals surface area (Å²) >= 11 is 6.26. The Kier molecular flexibility index (Phi) is 4.35. The number of nitrogens with one attached hydrogen (secondary N) is 3. The van der Waals surface area contributed by atoms with E-state index in [4.69, 9.17) is 16.6 Å². The quantitative estimate of drug-likeness (QED) is 0.491. The number of fused-ring (bicyclic) bond motifs is 1. The second-order valence-electron chi connectivity index (χ2n) is 4.49. The standard InChI is InChI=1S/C15H11N3O3S2/c19-13(11-8-9-4-1-2-5-10(9)21-11)16-15(22)18-17-14(20)12-6-3-7-23-12/h1-8H,(H,17,20)(H2,16,18,19,22). The zero-order valence-electron chi connectivity index (χ0n) is 11.7. The molecule has 0 aliphatic rings.